The van der Waals surface area contributed by atoms with Crippen LogP contribution in [0.25, 0.3) is 0 Å². The molecule has 1 aromatic carbocycles. The Hall–Kier alpha value is -2.01. The number of ether oxygens (including phenoxy) is 2. The number of hydrogen-bond acceptors (Lipinski definition) is 5. The first-order valence-electron chi connectivity index (χ1n) is 6.65. The van der Waals surface area contributed by atoms with Crippen molar-refractivity contribution < 1.29 is 13.9 Å². The fraction of sp³-hybridized carbons (Fsp3) is 0.400. The Balaban J connectivity index is 1.95. The second kappa shape index (κ2) is 6.96. The van der Waals surface area contributed by atoms with E-state index in [1.807, 2.05) is 18.2 Å². The zero-order valence-electron chi connectivity index (χ0n) is 12.1. The Bertz CT molecular complexity index is 537. The van der Waals surface area contributed by atoms with Gasteiger partial charge in [-0.05, 0) is 24.6 Å². The summed E-state index contributed by atoms with van der Waals surface area (Å²) in [6.07, 6.45) is 1.81. The van der Waals surface area contributed by atoms with Gasteiger partial charge in [0.05, 0.1) is 12.8 Å². The first kappa shape index (κ1) is 14.4. The molecule has 1 N–H and O–H groups in total. The van der Waals surface area contributed by atoms with E-state index < -0.39 is 0 Å². The number of benzene rings is 1. The third-order valence-corrected chi connectivity index (χ3v) is 2.66. The van der Waals surface area contributed by atoms with Crippen LogP contribution in [-0.2, 0) is 6.54 Å². The van der Waals surface area contributed by atoms with Gasteiger partial charge in [0.15, 0.2) is 11.5 Å². The summed E-state index contributed by atoms with van der Waals surface area (Å²) in [5.41, 5.74) is 0.815. The average molecular weight is 276 g/mol. The first-order valence-corrected chi connectivity index (χ1v) is 6.65. The second-order valence-electron chi connectivity index (χ2n) is 4.88. The lowest BCUT2D eigenvalue weighted by molar-refractivity contribution is 0.310. The van der Waals surface area contributed by atoms with E-state index in [1.54, 1.807) is 19.4 Å². The van der Waals surface area contributed by atoms with Crippen LogP contribution in [0.4, 0.5) is 0 Å². The van der Waals surface area contributed by atoms with E-state index in [0.29, 0.717) is 24.0 Å². The molecular formula is C15H20N2O3. The molecule has 0 amide bonds. The van der Waals surface area contributed by atoms with Crippen molar-refractivity contribution in [2.45, 2.75) is 20.4 Å². The van der Waals surface area contributed by atoms with E-state index in [4.69, 9.17) is 13.9 Å². The van der Waals surface area contributed by atoms with Crippen molar-refractivity contribution in [3.8, 4) is 17.6 Å². The summed E-state index contributed by atoms with van der Waals surface area (Å²) in [6, 6.07) is 7.37. The van der Waals surface area contributed by atoms with Gasteiger partial charge in [0.1, 0.15) is 6.26 Å². The largest absolute Gasteiger partial charge is 0.493 e. The van der Waals surface area contributed by atoms with E-state index in [1.165, 1.54) is 0 Å². The minimum atomic E-state index is 0.218. The minimum absolute atomic E-state index is 0.218. The van der Waals surface area contributed by atoms with Crippen LogP contribution in [0.5, 0.6) is 17.6 Å². The maximum absolute atomic E-state index is 5.58. The van der Waals surface area contributed by atoms with Crippen LogP contribution in [0.3, 0.4) is 0 Å². The fourth-order valence-electron chi connectivity index (χ4n) is 1.70. The number of oxazole rings is 1. The molecule has 0 unspecified atom stereocenters. The number of aromatic nitrogens is 1. The highest BCUT2D eigenvalue weighted by Crippen LogP contribution is 2.30. The van der Waals surface area contributed by atoms with E-state index in [2.05, 4.69) is 24.1 Å². The first-order chi connectivity index (χ1) is 9.69. The summed E-state index contributed by atoms with van der Waals surface area (Å²) >= 11 is 0. The molecular weight excluding hydrogens is 256 g/mol. The average Bonchev–Trinajstić information content (AvgIpc) is 2.86. The van der Waals surface area contributed by atoms with Crippen LogP contribution in [0, 0.1) is 5.92 Å². The van der Waals surface area contributed by atoms with Crippen LogP contribution in [0.15, 0.2) is 34.9 Å². The SMILES string of the molecule is COc1ccccc1Oc1nc(CNCC(C)C)co1. The van der Waals surface area contributed by atoms with E-state index >= 15 is 0 Å². The van der Waals surface area contributed by atoms with Gasteiger partial charge in [0.2, 0.25) is 0 Å². The molecule has 0 spiro atoms. The van der Waals surface area contributed by atoms with Gasteiger partial charge in [0, 0.05) is 6.54 Å². The van der Waals surface area contributed by atoms with Crippen LogP contribution in [0.2, 0.25) is 0 Å². The molecule has 108 valence electrons. The Morgan fingerprint density at radius 1 is 1.25 bits per heavy atom. The molecule has 0 aliphatic heterocycles. The summed E-state index contributed by atoms with van der Waals surface area (Å²) < 4.78 is 16.1. The van der Waals surface area contributed by atoms with Gasteiger partial charge in [-0.1, -0.05) is 26.0 Å². The summed E-state index contributed by atoms with van der Waals surface area (Å²) in [4.78, 5) is 4.27. The molecule has 1 heterocycles. The molecule has 0 bridgehead atoms. The van der Waals surface area contributed by atoms with Crippen molar-refractivity contribution in [3.63, 3.8) is 0 Å². The molecule has 0 aliphatic rings. The molecule has 5 heteroatoms. The van der Waals surface area contributed by atoms with Gasteiger partial charge in [-0.15, -0.1) is 0 Å². The van der Waals surface area contributed by atoms with Gasteiger partial charge in [-0.3, -0.25) is 0 Å². The summed E-state index contributed by atoms with van der Waals surface area (Å²) in [5.74, 6) is 1.83. The quantitative estimate of drug-likeness (QED) is 0.841. The number of nitrogens with zero attached hydrogens (tertiary/aromatic N) is 1. The Morgan fingerprint density at radius 2 is 2.00 bits per heavy atom. The monoisotopic (exact) mass is 276 g/mol. The van der Waals surface area contributed by atoms with Gasteiger partial charge in [-0.25, -0.2) is 0 Å². The lowest BCUT2D eigenvalue weighted by Gasteiger charge is -2.06. The summed E-state index contributed by atoms with van der Waals surface area (Å²) in [6.45, 7) is 5.92. The van der Waals surface area contributed by atoms with Crippen molar-refractivity contribution in [1.82, 2.24) is 10.3 Å². The maximum atomic E-state index is 5.58. The van der Waals surface area contributed by atoms with Gasteiger partial charge >= 0.3 is 6.08 Å². The number of nitrogens with one attached hydrogen (secondary N) is 1. The van der Waals surface area contributed by atoms with Crippen LogP contribution in [-0.4, -0.2) is 18.6 Å². The van der Waals surface area contributed by atoms with E-state index in [-0.39, 0.29) is 6.08 Å². The molecule has 2 aromatic rings. The van der Waals surface area contributed by atoms with Crippen molar-refractivity contribution in [2.24, 2.45) is 5.92 Å². The fourth-order valence-corrected chi connectivity index (χ4v) is 1.70. The minimum Gasteiger partial charge on any atom is -0.493 e. The standard InChI is InChI=1S/C15H20N2O3/c1-11(2)8-16-9-12-10-19-15(17-12)20-14-7-5-4-6-13(14)18-3/h4-7,10-11,16H,8-9H2,1-3H3. The van der Waals surface area contributed by atoms with Crippen molar-refractivity contribution in [3.05, 3.63) is 36.2 Å². The highest BCUT2D eigenvalue weighted by Gasteiger charge is 2.09. The third-order valence-electron chi connectivity index (χ3n) is 2.66. The topological polar surface area (TPSA) is 56.5 Å². The molecule has 0 saturated carbocycles. The normalized spacial score (nSPS) is 10.8. The predicted octanol–water partition coefficient (Wildman–Crippen LogP) is 3.22. The molecule has 0 fully saturated rings. The predicted molar refractivity (Wildman–Crippen MR) is 76.1 cm³/mol. The molecule has 0 aliphatic carbocycles. The molecule has 5 nitrogen and oxygen atoms in total. The zero-order chi connectivity index (χ0) is 14.4. The molecule has 0 atom stereocenters. The highest BCUT2D eigenvalue weighted by atomic mass is 16.6. The molecule has 1 aromatic heterocycles. The lowest BCUT2D eigenvalue weighted by Crippen LogP contribution is -2.19. The van der Waals surface area contributed by atoms with Gasteiger partial charge in [-0.2, -0.15) is 4.98 Å². The Morgan fingerprint density at radius 3 is 2.70 bits per heavy atom. The van der Waals surface area contributed by atoms with Crippen LogP contribution in [0.1, 0.15) is 19.5 Å². The zero-order valence-corrected chi connectivity index (χ0v) is 12.1. The number of hydrogen-bond donors (Lipinski definition) is 1. The third kappa shape index (κ3) is 3.99. The van der Waals surface area contributed by atoms with Gasteiger partial charge < -0.3 is 19.2 Å². The molecule has 20 heavy (non-hydrogen) atoms. The Kier molecular flexibility index (Phi) is 5.01. The van der Waals surface area contributed by atoms with E-state index in [9.17, 15) is 0 Å². The van der Waals surface area contributed by atoms with Crippen molar-refractivity contribution in [1.29, 1.82) is 0 Å². The van der Waals surface area contributed by atoms with Crippen molar-refractivity contribution >= 4 is 0 Å². The summed E-state index contributed by atoms with van der Waals surface area (Å²) in [7, 11) is 1.60. The van der Waals surface area contributed by atoms with Gasteiger partial charge in [0.25, 0.3) is 0 Å². The molecule has 0 radical (unpaired) electrons. The number of rotatable bonds is 7. The number of para-hydroxylation sites is 2. The van der Waals surface area contributed by atoms with Crippen molar-refractivity contribution in [2.75, 3.05) is 13.7 Å². The van der Waals surface area contributed by atoms with E-state index in [0.717, 1.165) is 12.2 Å². The van der Waals surface area contributed by atoms with Crippen LogP contribution >= 0.6 is 0 Å². The molecule has 2 rings (SSSR count). The smallest absolute Gasteiger partial charge is 0.399 e. The summed E-state index contributed by atoms with van der Waals surface area (Å²) in [5, 5.41) is 3.30. The highest BCUT2D eigenvalue weighted by molar-refractivity contribution is 5.40. The Labute approximate surface area is 118 Å². The maximum Gasteiger partial charge on any atom is 0.399 e. The van der Waals surface area contributed by atoms with Crippen LogP contribution < -0.4 is 14.8 Å². The molecule has 0 saturated heterocycles. The lowest BCUT2D eigenvalue weighted by atomic mass is 10.2. The second-order valence-corrected chi connectivity index (χ2v) is 4.88. The number of methoxy groups -OCH3 is 1.